The van der Waals surface area contributed by atoms with Crippen LogP contribution in [-0.2, 0) is 4.74 Å². The van der Waals surface area contributed by atoms with E-state index in [2.05, 4.69) is 20.8 Å². The Kier molecular flexibility index (Phi) is 3.36. The zero-order chi connectivity index (χ0) is 9.95. The molecule has 1 N–H and O–H groups in total. The van der Waals surface area contributed by atoms with Gasteiger partial charge in [0.1, 0.15) is 0 Å². The molecule has 1 aliphatic rings. The average molecular weight is 186 g/mol. The summed E-state index contributed by atoms with van der Waals surface area (Å²) in [7, 11) is 0. The molecule has 0 aliphatic heterocycles. The topological polar surface area (TPSA) is 29.5 Å². The van der Waals surface area contributed by atoms with Crippen LogP contribution in [0.4, 0.5) is 0 Å². The fourth-order valence-electron chi connectivity index (χ4n) is 2.17. The first kappa shape index (κ1) is 11.0. The number of hydrogen-bond donors (Lipinski definition) is 1. The first-order valence-electron chi connectivity index (χ1n) is 5.22. The number of hydrogen-bond acceptors (Lipinski definition) is 2. The summed E-state index contributed by atoms with van der Waals surface area (Å²) in [6.07, 6.45) is 4.73. The van der Waals surface area contributed by atoms with Gasteiger partial charge >= 0.3 is 0 Å². The molecular formula is C11H22O2. The highest BCUT2D eigenvalue weighted by molar-refractivity contribution is 4.93. The van der Waals surface area contributed by atoms with Gasteiger partial charge in [0.15, 0.2) is 0 Å². The Morgan fingerprint density at radius 3 is 2.23 bits per heavy atom. The fraction of sp³-hybridized carbons (Fsp3) is 1.00. The molecule has 2 heteroatoms. The molecule has 1 fully saturated rings. The van der Waals surface area contributed by atoms with E-state index in [1.165, 1.54) is 19.3 Å². The lowest BCUT2D eigenvalue weighted by atomic mass is 9.70. The van der Waals surface area contributed by atoms with Crippen LogP contribution in [0.5, 0.6) is 0 Å². The smallest absolute Gasteiger partial charge is 0.0705 e. The Labute approximate surface area is 81.3 Å². The van der Waals surface area contributed by atoms with Gasteiger partial charge in [-0.05, 0) is 31.1 Å². The molecule has 2 nitrogen and oxygen atoms in total. The predicted molar refractivity (Wildman–Crippen MR) is 53.7 cm³/mol. The molecule has 78 valence electrons. The van der Waals surface area contributed by atoms with Crippen molar-refractivity contribution < 1.29 is 9.84 Å². The van der Waals surface area contributed by atoms with Gasteiger partial charge in [-0.2, -0.15) is 0 Å². The lowest BCUT2D eigenvalue weighted by Gasteiger charge is -2.45. The highest BCUT2D eigenvalue weighted by Gasteiger charge is 2.40. The van der Waals surface area contributed by atoms with Crippen LogP contribution in [0.2, 0.25) is 0 Å². The third kappa shape index (κ3) is 3.28. The molecule has 0 radical (unpaired) electrons. The Bertz CT molecular complexity index is 154. The van der Waals surface area contributed by atoms with E-state index < -0.39 is 0 Å². The van der Waals surface area contributed by atoms with Gasteiger partial charge in [-0.3, -0.25) is 0 Å². The van der Waals surface area contributed by atoms with Gasteiger partial charge in [0.25, 0.3) is 0 Å². The minimum absolute atomic E-state index is 0.0982. The van der Waals surface area contributed by atoms with Crippen molar-refractivity contribution in [3.8, 4) is 0 Å². The molecule has 1 rings (SSSR count). The van der Waals surface area contributed by atoms with Crippen LogP contribution in [0.25, 0.3) is 0 Å². The van der Waals surface area contributed by atoms with Crippen molar-refractivity contribution in [1.29, 1.82) is 0 Å². The maximum Gasteiger partial charge on any atom is 0.0705 e. The molecule has 0 saturated heterocycles. The van der Waals surface area contributed by atoms with Crippen molar-refractivity contribution in [3.63, 3.8) is 0 Å². The Hall–Kier alpha value is -0.0800. The van der Waals surface area contributed by atoms with E-state index in [4.69, 9.17) is 9.84 Å². The summed E-state index contributed by atoms with van der Waals surface area (Å²) in [5.74, 6) is 0. The number of aliphatic hydroxyl groups excluding tert-OH is 1. The van der Waals surface area contributed by atoms with Crippen LogP contribution in [0.3, 0.4) is 0 Å². The summed E-state index contributed by atoms with van der Waals surface area (Å²) in [6, 6.07) is 0. The summed E-state index contributed by atoms with van der Waals surface area (Å²) in [5.41, 5.74) is 0.427. The highest BCUT2D eigenvalue weighted by Crippen LogP contribution is 2.43. The first-order valence-corrected chi connectivity index (χ1v) is 5.22. The molecule has 0 bridgehead atoms. The van der Waals surface area contributed by atoms with E-state index in [-0.39, 0.29) is 12.2 Å². The van der Waals surface area contributed by atoms with Crippen LogP contribution >= 0.6 is 0 Å². The highest BCUT2D eigenvalue weighted by atomic mass is 16.5. The second-order valence-corrected chi connectivity index (χ2v) is 5.35. The van der Waals surface area contributed by atoms with Gasteiger partial charge in [0, 0.05) is 0 Å². The summed E-state index contributed by atoms with van der Waals surface area (Å²) in [4.78, 5) is 0. The largest absolute Gasteiger partial charge is 0.394 e. The van der Waals surface area contributed by atoms with Gasteiger partial charge in [-0.25, -0.2) is 0 Å². The molecule has 0 spiro atoms. The molecule has 13 heavy (non-hydrogen) atoms. The molecule has 0 aromatic carbocycles. The van der Waals surface area contributed by atoms with Crippen LogP contribution < -0.4 is 0 Å². The van der Waals surface area contributed by atoms with Crippen molar-refractivity contribution in [2.45, 2.75) is 52.1 Å². The average Bonchev–Trinajstić information content (AvgIpc) is 1.92. The zero-order valence-corrected chi connectivity index (χ0v) is 9.10. The van der Waals surface area contributed by atoms with Gasteiger partial charge in [0.2, 0.25) is 0 Å². The van der Waals surface area contributed by atoms with Crippen LogP contribution in [0.1, 0.15) is 46.5 Å². The van der Waals surface area contributed by atoms with Gasteiger partial charge < -0.3 is 9.84 Å². The molecule has 0 atom stereocenters. The quantitative estimate of drug-likeness (QED) is 0.730. The second kappa shape index (κ2) is 3.97. The fourth-order valence-corrected chi connectivity index (χ4v) is 2.17. The third-order valence-electron chi connectivity index (χ3n) is 2.62. The van der Waals surface area contributed by atoms with Crippen molar-refractivity contribution in [2.24, 2.45) is 5.41 Å². The minimum atomic E-state index is 0.0982. The molecule has 0 heterocycles. The maximum atomic E-state index is 8.72. The molecule has 0 amide bonds. The number of aliphatic hydroxyl groups is 1. The van der Waals surface area contributed by atoms with Gasteiger partial charge in [0.05, 0.1) is 18.8 Å². The third-order valence-corrected chi connectivity index (χ3v) is 2.62. The molecule has 0 unspecified atom stereocenters. The number of rotatable bonds is 4. The normalized spacial score (nSPS) is 21.2. The summed E-state index contributed by atoms with van der Waals surface area (Å²) in [6.45, 7) is 7.38. The Morgan fingerprint density at radius 2 is 1.92 bits per heavy atom. The van der Waals surface area contributed by atoms with Crippen molar-refractivity contribution >= 4 is 0 Å². The standard InChI is InChI=1S/C11H22O2/c1-10(2,3)9-11(5-4-6-11)13-8-7-12/h12H,4-9H2,1-3H3. The number of ether oxygens (including phenoxy) is 1. The van der Waals surface area contributed by atoms with Crippen LogP contribution in [0, 0.1) is 5.41 Å². The molecule has 0 aromatic rings. The van der Waals surface area contributed by atoms with E-state index in [0.29, 0.717) is 12.0 Å². The lowest BCUT2D eigenvalue weighted by Crippen LogP contribution is -2.43. The zero-order valence-electron chi connectivity index (χ0n) is 9.10. The van der Waals surface area contributed by atoms with Crippen LogP contribution in [0.15, 0.2) is 0 Å². The molecule has 0 aromatic heterocycles. The Balaban J connectivity index is 2.40. The lowest BCUT2D eigenvalue weighted by molar-refractivity contribution is -0.127. The first-order chi connectivity index (χ1) is 5.97. The van der Waals surface area contributed by atoms with Crippen molar-refractivity contribution in [2.75, 3.05) is 13.2 Å². The second-order valence-electron chi connectivity index (χ2n) is 5.35. The van der Waals surface area contributed by atoms with Gasteiger partial charge in [-0.1, -0.05) is 20.8 Å². The Morgan fingerprint density at radius 1 is 1.31 bits per heavy atom. The molecule has 1 aliphatic carbocycles. The predicted octanol–water partition coefficient (Wildman–Crippen LogP) is 2.35. The summed E-state index contributed by atoms with van der Waals surface area (Å²) in [5, 5.41) is 8.72. The van der Waals surface area contributed by atoms with Gasteiger partial charge in [-0.15, -0.1) is 0 Å². The monoisotopic (exact) mass is 186 g/mol. The summed E-state index contributed by atoms with van der Waals surface area (Å²) >= 11 is 0. The molecular weight excluding hydrogens is 164 g/mol. The molecule has 1 saturated carbocycles. The minimum Gasteiger partial charge on any atom is -0.394 e. The van der Waals surface area contributed by atoms with Crippen LogP contribution in [-0.4, -0.2) is 23.9 Å². The van der Waals surface area contributed by atoms with Crippen molar-refractivity contribution in [3.05, 3.63) is 0 Å². The van der Waals surface area contributed by atoms with E-state index in [1.54, 1.807) is 0 Å². The van der Waals surface area contributed by atoms with E-state index >= 15 is 0 Å². The van der Waals surface area contributed by atoms with E-state index in [0.717, 1.165) is 6.42 Å². The van der Waals surface area contributed by atoms with E-state index in [1.807, 2.05) is 0 Å². The maximum absolute atomic E-state index is 8.72. The van der Waals surface area contributed by atoms with Crippen molar-refractivity contribution in [1.82, 2.24) is 0 Å². The summed E-state index contributed by atoms with van der Waals surface area (Å²) < 4.78 is 5.74. The van der Waals surface area contributed by atoms with E-state index in [9.17, 15) is 0 Å². The SMILES string of the molecule is CC(C)(C)CC1(OCCO)CCC1.